The zero-order valence-corrected chi connectivity index (χ0v) is 17.3. The lowest BCUT2D eigenvalue weighted by molar-refractivity contribution is 0.482. The Kier molecular flexibility index (Phi) is 5.60. The number of thiocarbonyl (C=S) groups is 1. The number of hydrogen-bond acceptors (Lipinski definition) is 3. The first kappa shape index (κ1) is 19.1. The fraction of sp³-hybridized carbons (Fsp3) is 0.350. The molecule has 0 aliphatic rings. The minimum absolute atomic E-state index is 0.664. The van der Waals surface area contributed by atoms with Crippen LogP contribution in [0, 0.1) is 20.8 Å². The van der Waals surface area contributed by atoms with Gasteiger partial charge in [0.2, 0.25) is 0 Å². The molecule has 2 heterocycles. The highest BCUT2D eigenvalue weighted by Gasteiger charge is 2.15. The molecular formula is C20H26N6S. The van der Waals surface area contributed by atoms with Gasteiger partial charge in [-0.05, 0) is 44.6 Å². The van der Waals surface area contributed by atoms with Crippen LogP contribution in [-0.4, -0.2) is 36.6 Å². The van der Waals surface area contributed by atoms with Crippen molar-refractivity contribution in [2.45, 2.75) is 33.9 Å². The van der Waals surface area contributed by atoms with E-state index in [4.69, 9.17) is 17.3 Å². The average Bonchev–Trinajstić information content (AvgIpc) is 3.15. The first-order valence-corrected chi connectivity index (χ1v) is 9.34. The van der Waals surface area contributed by atoms with Crippen LogP contribution in [0.4, 0.5) is 5.69 Å². The Bertz CT molecular complexity index is 938. The monoisotopic (exact) mass is 382 g/mol. The van der Waals surface area contributed by atoms with Crippen LogP contribution < -0.4 is 5.32 Å². The first-order valence-electron chi connectivity index (χ1n) is 8.93. The van der Waals surface area contributed by atoms with Crippen molar-refractivity contribution in [2.24, 2.45) is 7.05 Å². The Balaban J connectivity index is 1.71. The van der Waals surface area contributed by atoms with E-state index in [2.05, 4.69) is 48.5 Å². The second-order valence-electron chi connectivity index (χ2n) is 6.92. The van der Waals surface area contributed by atoms with E-state index in [-0.39, 0.29) is 0 Å². The third-order valence-corrected chi connectivity index (χ3v) is 5.15. The Morgan fingerprint density at radius 3 is 2.48 bits per heavy atom. The average molecular weight is 383 g/mol. The van der Waals surface area contributed by atoms with Crippen molar-refractivity contribution in [2.75, 3.05) is 12.4 Å². The Labute approximate surface area is 165 Å². The van der Waals surface area contributed by atoms with Gasteiger partial charge >= 0.3 is 0 Å². The Hall–Kier alpha value is -2.67. The van der Waals surface area contributed by atoms with Crippen LogP contribution in [0.25, 0.3) is 0 Å². The summed E-state index contributed by atoms with van der Waals surface area (Å²) in [5, 5.41) is 12.9. The second-order valence-corrected chi connectivity index (χ2v) is 7.31. The van der Waals surface area contributed by atoms with Gasteiger partial charge in [-0.2, -0.15) is 10.2 Å². The van der Waals surface area contributed by atoms with Gasteiger partial charge < -0.3 is 10.2 Å². The van der Waals surface area contributed by atoms with Gasteiger partial charge in [0.05, 0.1) is 35.9 Å². The summed E-state index contributed by atoms with van der Waals surface area (Å²) >= 11 is 5.60. The van der Waals surface area contributed by atoms with Crippen LogP contribution in [0.3, 0.4) is 0 Å². The zero-order chi connectivity index (χ0) is 19.6. The predicted molar refractivity (Wildman–Crippen MR) is 113 cm³/mol. The summed E-state index contributed by atoms with van der Waals surface area (Å²) in [5.74, 6) is 0. The summed E-state index contributed by atoms with van der Waals surface area (Å²) in [6.45, 7) is 7.60. The van der Waals surface area contributed by atoms with E-state index < -0.39 is 0 Å². The molecule has 142 valence electrons. The van der Waals surface area contributed by atoms with Crippen LogP contribution >= 0.6 is 12.2 Å². The highest BCUT2D eigenvalue weighted by molar-refractivity contribution is 7.80. The molecule has 0 unspecified atom stereocenters. The van der Waals surface area contributed by atoms with Crippen LogP contribution in [0.15, 0.2) is 36.5 Å². The lowest BCUT2D eigenvalue weighted by Crippen LogP contribution is -2.31. The maximum Gasteiger partial charge on any atom is 0.173 e. The summed E-state index contributed by atoms with van der Waals surface area (Å²) < 4.78 is 3.88. The maximum absolute atomic E-state index is 5.60. The number of rotatable bonds is 5. The van der Waals surface area contributed by atoms with Crippen molar-refractivity contribution in [1.29, 1.82) is 0 Å². The largest absolute Gasteiger partial charge is 0.346 e. The highest BCUT2D eigenvalue weighted by Crippen LogP contribution is 2.21. The lowest BCUT2D eigenvalue weighted by Gasteiger charge is -2.21. The highest BCUT2D eigenvalue weighted by atomic mass is 32.1. The molecule has 6 nitrogen and oxygen atoms in total. The van der Waals surface area contributed by atoms with Gasteiger partial charge in [0, 0.05) is 20.3 Å². The molecule has 7 heteroatoms. The molecule has 3 rings (SSSR count). The van der Waals surface area contributed by atoms with Gasteiger partial charge in [0.1, 0.15) is 0 Å². The van der Waals surface area contributed by atoms with E-state index in [1.807, 2.05) is 41.3 Å². The molecule has 0 aliphatic heterocycles. The molecule has 0 amide bonds. The van der Waals surface area contributed by atoms with E-state index in [0.717, 1.165) is 29.3 Å². The summed E-state index contributed by atoms with van der Waals surface area (Å²) in [6.07, 6.45) is 1.79. The number of aryl methyl sites for hydroxylation is 3. The van der Waals surface area contributed by atoms with Gasteiger partial charge in [-0.3, -0.25) is 9.36 Å². The molecule has 27 heavy (non-hydrogen) atoms. The van der Waals surface area contributed by atoms with Crippen molar-refractivity contribution >= 4 is 23.0 Å². The Morgan fingerprint density at radius 1 is 1.15 bits per heavy atom. The summed E-state index contributed by atoms with van der Waals surface area (Å²) in [6, 6.07) is 10.5. The molecule has 0 fully saturated rings. The van der Waals surface area contributed by atoms with E-state index in [9.17, 15) is 0 Å². The predicted octanol–water partition coefficient (Wildman–Crippen LogP) is 3.42. The quantitative estimate of drug-likeness (QED) is 0.685. The third-order valence-electron chi connectivity index (χ3n) is 4.73. The van der Waals surface area contributed by atoms with Gasteiger partial charge in [0.15, 0.2) is 5.11 Å². The topological polar surface area (TPSA) is 50.9 Å². The molecule has 3 aromatic rings. The Morgan fingerprint density at radius 2 is 1.85 bits per heavy atom. The van der Waals surface area contributed by atoms with Crippen molar-refractivity contribution in [3.05, 3.63) is 64.7 Å². The van der Waals surface area contributed by atoms with Gasteiger partial charge in [-0.1, -0.05) is 29.8 Å². The number of aromatic nitrogens is 4. The molecule has 0 saturated carbocycles. The van der Waals surface area contributed by atoms with Crippen molar-refractivity contribution < 1.29 is 0 Å². The molecule has 1 N–H and O–H groups in total. The van der Waals surface area contributed by atoms with Gasteiger partial charge in [-0.25, -0.2) is 0 Å². The standard InChI is InChI=1S/C20H26N6S/c1-14-6-8-17(9-7-14)12-26-16(3)19(15(2)23-26)22-20(27)24(4)13-18-10-11-21-25(18)5/h6-11H,12-13H2,1-5H3,(H,22,27). The maximum atomic E-state index is 5.60. The lowest BCUT2D eigenvalue weighted by atomic mass is 10.1. The molecule has 1 aromatic carbocycles. The van der Waals surface area contributed by atoms with Crippen LogP contribution in [-0.2, 0) is 20.1 Å². The van der Waals surface area contributed by atoms with E-state index in [0.29, 0.717) is 11.7 Å². The molecular weight excluding hydrogens is 356 g/mol. The zero-order valence-electron chi connectivity index (χ0n) is 16.5. The molecule has 0 bridgehead atoms. The summed E-state index contributed by atoms with van der Waals surface area (Å²) in [5.41, 5.74) is 6.58. The first-order chi connectivity index (χ1) is 12.8. The molecule has 0 atom stereocenters. The minimum atomic E-state index is 0.664. The van der Waals surface area contributed by atoms with Crippen LogP contribution in [0.1, 0.15) is 28.2 Å². The number of hydrogen-bond donors (Lipinski definition) is 1. The number of nitrogens with one attached hydrogen (secondary N) is 1. The normalized spacial score (nSPS) is 10.9. The second kappa shape index (κ2) is 7.92. The summed E-state index contributed by atoms with van der Waals surface area (Å²) in [4.78, 5) is 2.00. The summed E-state index contributed by atoms with van der Waals surface area (Å²) in [7, 11) is 3.91. The molecule has 0 aliphatic carbocycles. The van der Waals surface area contributed by atoms with Crippen LogP contribution in [0.2, 0.25) is 0 Å². The van der Waals surface area contributed by atoms with Crippen molar-refractivity contribution in [3.63, 3.8) is 0 Å². The minimum Gasteiger partial charge on any atom is -0.346 e. The van der Waals surface area contributed by atoms with Gasteiger partial charge in [0.25, 0.3) is 0 Å². The molecule has 2 aromatic heterocycles. The SMILES string of the molecule is Cc1ccc(Cn2nc(C)c(NC(=S)N(C)Cc3ccnn3C)c2C)cc1. The fourth-order valence-corrected chi connectivity index (χ4v) is 3.14. The fourth-order valence-electron chi connectivity index (χ4n) is 2.97. The van der Waals surface area contributed by atoms with E-state index in [1.54, 1.807) is 6.20 Å². The molecule has 0 spiro atoms. The molecule has 0 saturated heterocycles. The van der Waals surface area contributed by atoms with Gasteiger partial charge in [-0.15, -0.1) is 0 Å². The van der Waals surface area contributed by atoms with E-state index >= 15 is 0 Å². The third kappa shape index (κ3) is 4.36. The number of nitrogens with zero attached hydrogens (tertiary/aromatic N) is 5. The van der Waals surface area contributed by atoms with E-state index in [1.165, 1.54) is 11.1 Å². The number of benzene rings is 1. The van der Waals surface area contributed by atoms with Crippen molar-refractivity contribution in [1.82, 2.24) is 24.5 Å². The molecule has 0 radical (unpaired) electrons. The number of anilines is 1. The smallest absolute Gasteiger partial charge is 0.173 e. The van der Waals surface area contributed by atoms with Crippen LogP contribution in [0.5, 0.6) is 0 Å². The van der Waals surface area contributed by atoms with Crippen molar-refractivity contribution in [3.8, 4) is 0 Å².